The van der Waals surface area contributed by atoms with E-state index in [2.05, 4.69) is 12.2 Å². The molecule has 4 nitrogen and oxygen atoms in total. The normalized spacial score (nSPS) is 24.0. The van der Waals surface area contributed by atoms with Crippen LogP contribution in [0, 0.1) is 5.82 Å². The number of nitrogens with one attached hydrogen (secondary N) is 1. The van der Waals surface area contributed by atoms with Gasteiger partial charge in [-0.15, -0.1) is 0 Å². The van der Waals surface area contributed by atoms with Gasteiger partial charge in [0.25, 0.3) is 0 Å². The summed E-state index contributed by atoms with van der Waals surface area (Å²) in [7, 11) is 0. The summed E-state index contributed by atoms with van der Waals surface area (Å²) in [5.41, 5.74) is 0.760. The molecule has 2 unspecified atom stereocenters. The average Bonchev–Trinajstić information content (AvgIpc) is 2.99. The molecule has 1 aliphatic carbocycles. The van der Waals surface area contributed by atoms with Gasteiger partial charge in [0, 0.05) is 24.9 Å². The molecule has 1 aromatic carbocycles. The minimum Gasteiger partial charge on any atom is -0.388 e. The molecular formula is C18H26FNO3. The lowest BCUT2D eigenvalue weighted by atomic mass is 9.89. The van der Waals surface area contributed by atoms with Crippen LogP contribution in [0.2, 0.25) is 0 Å². The topological polar surface area (TPSA) is 50.7 Å². The molecule has 2 atom stereocenters. The largest absolute Gasteiger partial charge is 0.388 e. The van der Waals surface area contributed by atoms with E-state index in [0.29, 0.717) is 25.7 Å². The Hall–Kier alpha value is -1.01. The summed E-state index contributed by atoms with van der Waals surface area (Å²) in [6, 6.07) is 6.69. The summed E-state index contributed by atoms with van der Waals surface area (Å²) in [4.78, 5) is 0. The Bertz CT molecular complexity index is 491. The monoisotopic (exact) mass is 323 g/mol. The Morgan fingerprint density at radius 3 is 2.43 bits per heavy atom. The number of ether oxygens (including phenoxy) is 2. The first kappa shape index (κ1) is 16.8. The Morgan fingerprint density at radius 2 is 1.83 bits per heavy atom. The molecule has 128 valence electrons. The van der Waals surface area contributed by atoms with E-state index in [1.165, 1.54) is 12.1 Å². The van der Waals surface area contributed by atoms with E-state index in [4.69, 9.17) is 9.47 Å². The standard InChI is InChI=1S/C18H26FNO3/c1-13(12-17(21)14-2-4-15(19)5-3-14)20-16-6-8-18(9-7-16)22-10-11-23-18/h2-5,13,16-17,20-21H,6-12H2,1H3. The second kappa shape index (κ2) is 7.26. The molecule has 23 heavy (non-hydrogen) atoms. The van der Waals surface area contributed by atoms with Gasteiger partial charge in [0.15, 0.2) is 5.79 Å². The molecule has 1 saturated heterocycles. The molecule has 1 heterocycles. The van der Waals surface area contributed by atoms with Crippen molar-refractivity contribution in [3.8, 4) is 0 Å². The molecule has 1 aliphatic heterocycles. The van der Waals surface area contributed by atoms with Gasteiger partial charge in [-0.1, -0.05) is 12.1 Å². The minimum atomic E-state index is -0.575. The first-order valence-electron chi connectivity index (χ1n) is 8.54. The summed E-state index contributed by atoms with van der Waals surface area (Å²) in [5.74, 6) is -0.603. The fraction of sp³-hybridized carbons (Fsp3) is 0.667. The zero-order valence-corrected chi connectivity index (χ0v) is 13.6. The summed E-state index contributed by atoms with van der Waals surface area (Å²) < 4.78 is 24.4. The van der Waals surface area contributed by atoms with Gasteiger partial charge in [-0.25, -0.2) is 4.39 Å². The van der Waals surface area contributed by atoms with Crippen molar-refractivity contribution in [1.29, 1.82) is 0 Å². The van der Waals surface area contributed by atoms with Crippen molar-refractivity contribution in [1.82, 2.24) is 5.32 Å². The van der Waals surface area contributed by atoms with Crippen molar-refractivity contribution in [3.05, 3.63) is 35.6 Å². The number of halogens is 1. The molecule has 2 aliphatic rings. The zero-order chi connectivity index (χ0) is 16.3. The summed E-state index contributed by atoms with van der Waals surface area (Å²) in [6.45, 7) is 3.50. The van der Waals surface area contributed by atoms with E-state index in [0.717, 1.165) is 31.2 Å². The second-order valence-electron chi connectivity index (χ2n) is 6.75. The molecule has 0 radical (unpaired) electrons. The van der Waals surface area contributed by atoms with Crippen molar-refractivity contribution in [2.75, 3.05) is 13.2 Å². The van der Waals surface area contributed by atoms with Crippen LogP contribution in [0.25, 0.3) is 0 Å². The lowest BCUT2D eigenvalue weighted by molar-refractivity contribution is -0.179. The van der Waals surface area contributed by atoms with Crippen molar-refractivity contribution < 1.29 is 19.0 Å². The highest BCUT2D eigenvalue weighted by Gasteiger charge is 2.40. The lowest BCUT2D eigenvalue weighted by Gasteiger charge is -2.37. The molecule has 2 fully saturated rings. The molecule has 5 heteroatoms. The Labute approximate surface area is 137 Å². The van der Waals surface area contributed by atoms with Crippen molar-refractivity contribution in [2.24, 2.45) is 0 Å². The molecule has 3 rings (SSSR count). The average molecular weight is 323 g/mol. The van der Waals surface area contributed by atoms with Crippen LogP contribution in [-0.4, -0.2) is 36.2 Å². The molecule has 0 aromatic heterocycles. The number of aliphatic hydroxyl groups excluding tert-OH is 1. The second-order valence-corrected chi connectivity index (χ2v) is 6.75. The van der Waals surface area contributed by atoms with E-state index < -0.39 is 6.10 Å². The molecule has 2 N–H and O–H groups in total. The lowest BCUT2D eigenvalue weighted by Crippen LogP contribution is -2.45. The van der Waals surface area contributed by atoms with Crippen molar-refractivity contribution in [2.45, 2.75) is 63.0 Å². The van der Waals surface area contributed by atoms with Crippen LogP contribution in [0.15, 0.2) is 24.3 Å². The number of hydrogen-bond donors (Lipinski definition) is 2. The highest BCUT2D eigenvalue weighted by Crippen LogP contribution is 2.36. The number of rotatable bonds is 5. The Kier molecular flexibility index (Phi) is 5.31. The summed E-state index contributed by atoms with van der Waals surface area (Å²) >= 11 is 0. The fourth-order valence-corrected chi connectivity index (χ4v) is 3.64. The van der Waals surface area contributed by atoms with Gasteiger partial charge in [-0.05, 0) is 43.9 Å². The van der Waals surface area contributed by atoms with Gasteiger partial charge >= 0.3 is 0 Å². The Balaban J connectivity index is 1.44. The highest BCUT2D eigenvalue weighted by atomic mass is 19.1. The highest BCUT2D eigenvalue weighted by molar-refractivity contribution is 5.18. The first-order valence-corrected chi connectivity index (χ1v) is 8.54. The summed E-state index contributed by atoms with van der Waals surface area (Å²) in [6.07, 6.45) is 3.94. The third-order valence-electron chi connectivity index (χ3n) is 4.91. The smallest absolute Gasteiger partial charge is 0.168 e. The van der Waals surface area contributed by atoms with Gasteiger partial charge in [0.05, 0.1) is 19.3 Å². The molecule has 1 aromatic rings. The molecule has 0 amide bonds. The molecule has 1 saturated carbocycles. The van der Waals surface area contributed by atoms with E-state index in [1.807, 2.05) is 0 Å². The number of aliphatic hydroxyl groups is 1. The van der Waals surface area contributed by atoms with Gasteiger partial charge in [-0.3, -0.25) is 0 Å². The van der Waals surface area contributed by atoms with Gasteiger partial charge in [0.2, 0.25) is 0 Å². The van der Waals surface area contributed by atoms with Gasteiger partial charge < -0.3 is 19.9 Å². The van der Waals surface area contributed by atoms with Crippen LogP contribution in [0.4, 0.5) is 4.39 Å². The molecule has 0 bridgehead atoms. The van der Waals surface area contributed by atoms with Crippen LogP contribution in [0.1, 0.15) is 50.7 Å². The number of hydrogen-bond acceptors (Lipinski definition) is 4. The zero-order valence-electron chi connectivity index (χ0n) is 13.6. The summed E-state index contributed by atoms with van der Waals surface area (Å²) in [5, 5.41) is 13.9. The van der Waals surface area contributed by atoms with Crippen LogP contribution in [0.5, 0.6) is 0 Å². The quantitative estimate of drug-likeness (QED) is 0.875. The number of benzene rings is 1. The van der Waals surface area contributed by atoms with E-state index >= 15 is 0 Å². The van der Waals surface area contributed by atoms with Crippen LogP contribution in [0.3, 0.4) is 0 Å². The first-order chi connectivity index (χ1) is 11.1. The van der Waals surface area contributed by atoms with Crippen LogP contribution >= 0.6 is 0 Å². The third-order valence-corrected chi connectivity index (χ3v) is 4.91. The van der Waals surface area contributed by atoms with Gasteiger partial charge in [0.1, 0.15) is 5.82 Å². The third kappa shape index (κ3) is 4.29. The van der Waals surface area contributed by atoms with Crippen LogP contribution < -0.4 is 5.32 Å². The van der Waals surface area contributed by atoms with Crippen molar-refractivity contribution in [3.63, 3.8) is 0 Å². The van der Waals surface area contributed by atoms with Gasteiger partial charge in [-0.2, -0.15) is 0 Å². The predicted octanol–water partition coefficient (Wildman–Crippen LogP) is 2.91. The maximum absolute atomic E-state index is 12.9. The molecular weight excluding hydrogens is 297 g/mol. The van der Waals surface area contributed by atoms with E-state index in [1.54, 1.807) is 12.1 Å². The van der Waals surface area contributed by atoms with E-state index in [-0.39, 0.29) is 17.6 Å². The van der Waals surface area contributed by atoms with Crippen LogP contribution in [-0.2, 0) is 9.47 Å². The van der Waals surface area contributed by atoms with E-state index in [9.17, 15) is 9.50 Å². The fourth-order valence-electron chi connectivity index (χ4n) is 3.64. The SMILES string of the molecule is CC(CC(O)c1ccc(F)cc1)NC1CCC2(CC1)OCCO2. The molecule has 1 spiro atoms. The maximum Gasteiger partial charge on any atom is 0.168 e. The maximum atomic E-state index is 12.9. The minimum absolute atomic E-state index is 0.194. The Morgan fingerprint density at radius 1 is 1.22 bits per heavy atom. The van der Waals surface area contributed by atoms with Crippen molar-refractivity contribution >= 4 is 0 Å². The predicted molar refractivity (Wildman–Crippen MR) is 85.5 cm³/mol.